The van der Waals surface area contributed by atoms with E-state index in [0.29, 0.717) is 6.04 Å². The van der Waals surface area contributed by atoms with Gasteiger partial charge in [0.15, 0.2) is 5.11 Å². The molecular weight excluding hydrogens is 218 g/mol. The molecule has 1 saturated heterocycles. The standard InChI is InChI=1S/C12H25N3S/c1-3-7-13-12(16)14-11(2)10-15-8-5-4-6-9-15/h11H,3-10H2,1-2H3,(H2,13,14,16). The van der Waals surface area contributed by atoms with Crippen LogP contribution in [0.1, 0.15) is 39.5 Å². The van der Waals surface area contributed by atoms with Crippen molar-refractivity contribution < 1.29 is 0 Å². The van der Waals surface area contributed by atoms with Crippen molar-refractivity contribution in [1.82, 2.24) is 15.5 Å². The first-order valence-corrected chi connectivity index (χ1v) is 6.90. The molecule has 1 fully saturated rings. The lowest BCUT2D eigenvalue weighted by atomic mass is 10.1. The first-order chi connectivity index (χ1) is 7.72. The maximum atomic E-state index is 5.22. The van der Waals surface area contributed by atoms with Gasteiger partial charge in [0.2, 0.25) is 0 Å². The van der Waals surface area contributed by atoms with Gasteiger partial charge in [0, 0.05) is 19.1 Å². The van der Waals surface area contributed by atoms with Gasteiger partial charge in [-0.15, -0.1) is 0 Å². The van der Waals surface area contributed by atoms with E-state index < -0.39 is 0 Å². The lowest BCUT2D eigenvalue weighted by Crippen LogP contribution is -2.47. The number of hydrogen-bond donors (Lipinski definition) is 2. The average molecular weight is 243 g/mol. The molecule has 1 unspecified atom stereocenters. The molecule has 0 radical (unpaired) electrons. The number of piperidine rings is 1. The van der Waals surface area contributed by atoms with Gasteiger partial charge in [0.05, 0.1) is 0 Å². The van der Waals surface area contributed by atoms with Gasteiger partial charge in [-0.2, -0.15) is 0 Å². The van der Waals surface area contributed by atoms with E-state index in [1.54, 1.807) is 0 Å². The molecule has 0 aromatic heterocycles. The molecule has 16 heavy (non-hydrogen) atoms. The Hall–Kier alpha value is -0.350. The molecule has 1 aliphatic heterocycles. The second-order valence-electron chi connectivity index (χ2n) is 4.66. The summed E-state index contributed by atoms with van der Waals surface area (Å²) in [5, 5.41) is 7.34. The summed E-state index contributed by atoms with van der Waals surface area (Å²) in [7, 11) is 0. The molecule has 0 aromatic rings. The van der Waals surface area contributed by atoms with E-state index in [1.165, 1.54) is 32.4 Å². The van der Waals surface area contributed by atoms with Crippen LogP contribution >= 0.6 is 12.2 Å². The molecule has 0 bridgehead atoms. The number of likely N-dealkylation sites (tertiary alicyclic amines) is 1. The van der Waals surface area contributed by atoms with Crippen LogP contribution in [0.15, 0.2) is 0 Å². The van der Waals surface area contributed by atoms with E-state index in [9.17, 15) is 0 Å². The van der Waals surface area contributed by atoms with Crippen LogP contribution in [0.4, 0.5) is 0 Å². The van der Waals surface area contributed by atoms with E-state index in [4.69, 9.17) is 12.2 Å². The average Bonchev–Trinajstić information content (AvgIpc) is 2.27. The molecule has 1 atom stereocenters. The van der Waals surface area contributed by atoms with Crippen molar-refractivity contribution in [2.45, 2.75) is 45.6 Å². The summed E-state index contributed by atoms with van der Waals surface area (Å²) < 4.78 is 0. The molecule has 94 valence electrons. The van der Waals surface area contributed by atoms with Crippen LogP contribution in [0.2, 0.25) is 0 Å². The minimum Gasteiger partial charge on any atom is -0.363 e. The van der Waals surface area contributed by atoms with E-state index in [1.807, 2.05) is 0 Å². The summed E-state index contributed by atoms with van der Waals surface area (Å²) in [4.78, 5) is 2.53. The van der Waals surface area contributed by atoms with Gasteiger partial charge in [-0.25, -0.2) is 0 Å². The van der Waals surface area contributed by atoms with Gasteiger partial charge in [-0.05, 0) is 51.5 Å². The van der Waals surface area contributed by atoms with Crippen LogP contribution in [-0.4, -0.2) is 42.2 Å². The molecule has 1 heterocycles. The van der Waals surface area contributed by atoms with Gasteiger partial charge in [-0.1, -0.05) is 13.3 Å². The minimum atomic E-state index is 0.440. The number of hydrogen-bond acceptors (Lipinski definition) is 2. The Balaban J connectivity index is 2.13. The number of rotatable bonds is 5. The SMILES string of the molecule is CCCNC(=S)NC(C)CN1CCCCC1. The van der Waals surface area contributed by atoms with Crippen molar-refractivity contribution in [2.75, 3.05) is 26.2 Å². The molecule has 1 aliphatic rings. The Labute approximate surface area is 105 Å². The summed E-state index contributed by atoms with van der Waals surface area (Å²) in [6.45, 7) is 8.92. The Morgan fingerprint density at radius 3 is 2.62 bits per heavy atom. The highest BCUT2D eigenvalue weighted by Gasteiger charge is 2.13. The molecule has 0 amide bonds. The fourth-order valence-electron chi connectivity index (χ4n) is 2.09. The van der Waals surface area contributed by atoms with Gasteiger partial charge >= 0.3 is 0 Å². The molecule has 3 nitrogen and oxygen atoms in total. The second kappa shape index (κ2) is 7.85. The van der Waals surface area contributed by atoms with Gasteiger partial charge in [0.1, 0.15) is 0 Å². The predicted molar refractivity (Wildman–Crippen MR) is 73.8 cm³/mol. The van der Waals surface area contributed by atoms with Crippen molar-refractivity contribution >= 4 is 17.3 Å². The topological polar surface area (TPSA) is 27.3 Å². The molecule has 1 rings (SSSR count). The zero-order valence-electron chi connectivity index (χ0n) is 10.6. The van der Waals surface area contributed by atoms with Crippen molar-refractivity contribution in [3.8, 4) is 0 Å². The predicted octanol–water partition coefficient (Wildman–Crippen LogP) is 1.73. The van der Waals surface area contributed by atoms with E-state index in [-0.39, 0.29) is 0 Å². The summed E-state index contributed by atoms with van der Waals surface area (Å²) in [5.41, 5.74) is 0. The zero-order valence-corrected chi connectivity index (χ0v) is 11.4. The molecule has 0 aromatic carbocycles. The van der Waals surface area contributed by atoms with E-state index in [2.05, 4.69) is 29.4 Å². The van der Waals surface area contributed by atoms with Crippen molar-refractivity contribution in [1.29, 1.82) is 0 Å². The minimum absolute atomic E-state index is 0.440. The molecule has 0 saturated carbocycles. The lowest BCUT2D eigenvalue weighted by molar-refractivity contribution is 0.215. The van der Waals surface area contributed by atoms with Crippen LogP contribution < -0.4 is 10.6 Å². The lowest BCUT2D eigenvalue weighted by Gasteiger charge is -2.29. The third-order valence-electron chi connectivity index (χ3n) is 2.89. The monoisotopic (exact) mass is 243 g/mol. The zero-order chi connectivity index (χ0) is 11.8. The first-order valence-electron chi connectivity index (χ1n) is 6.49. The normalized spacial score (nSPS) is 19.1. The fraction of sp³-hybridized carbons (Fsp3) is 0.917. The molecule has 0 aliphatic carbocycles. The van der Waals surface area contributed by atoms with Crippen molar-refractivity contribution in [2.24, 2.45) is 0 Å². The van der Waals surface area contributed by atoms with Crippen LogP contribution in [0.25, 0.3) is 0 Å². The van der Waals surface area contributed by atoms with Crippen LogP contribution in [0.5, 0.6) is 0 Å². The molecule has 4 heteroatoms. The Morgan fingerprint density at radius 1 is 1.31 bits per heavy atom. The fourth-order valence-corrected chi connectivity index (χ4v) is 2.39. The van der Waals surface area contributed by atoms with Gasteiger partial charge in [-0.3, -0.25) is 0 Å². The summed E-state index contributed by atoms with van der Waals surface area (Å²) in [5.74, 6) is 0. The Morgan fingerprint density at radius 2 is 2.00 bits per heavy atom. The highest BCUT2D eigenvalue weighted by molar-refractivity contribution is 7.80. The largest absolute Gasteiger partial charge is 0.363 e. The van der Waals surface area contributed by atoms with E-state index >= 15 is 0 Å². The molecule has 0 spiro atoms. The van der Waals surface area contributed by atoms with Crippen LogP contribution in [-0.2, 0) is 0 Å². The van der Waals surface area contributed by atoms with Crippen LogP contribution in [0, 0.1) is 0 Å². The second-order valence-corrected chi connectivity index (χ2v) is 5.07. The third-order valence-corrected chi connectivity index (χ3v) is 3.16. The smallest absolute Gasteiger partial charge is 0.166 e. The quantitative estimate of drug-likeness (QED) is 0.719. The summed E-state index contributed by atoms with van der Waals surface area (Å²) in [6, 6.07) is 0.440. The highest BCUT2D eigenvalue weighted by atomic mass is 32.1. The number of nitrogens with one attached hydrogen (secondary N) is 2. The molecule has 2 N–H and O–H groups in total. The highest BCUT2D eigenvalue weighted by Crippen LogP contribution is 2.08. The van der Waals surface area contributed by atoms with Crippen molar-refractivity contribution in [3.63, 3.8) is 0 Å². The van der Waals surface area contributed by atoms with Gasteiger partial charge in [0.25, 0.3) is 0 Å². The summed E-state index contributed by atoms with van der Waals surface area (Å²) in [6.07, 6.45) is 5.22. The third kappa shape index (κ3) is 5.66. The molecular formula is C12H25N3S. The van der Waals surface area contributed by atoms with E-state index in [0.717, 1.165) is 24.6 Å². The maximum absolute atomic E-state index is 5.22. The van der Waals surface area contributed by atoms with Gasteiger partial charge < -0.3 is 15.5 Å². The first kappa shape index (κ1) is 13.7. The Kier molecular flexibility index (Phi) is 6.73. The summed E-state index contributed by atoms with van der Waals surface area (Å²) >= 11 is 5.22. The number of thiocarbonyl (C=S) groups is 1. The van der Waals surface area contributed by atoms with Crippen LogP contribution in [0.3, 0.4) is 0 Å². The van der Waals surface area contributed by atoms with Crippen molar-refractivity contribution in [3.05, 3.63) is 0 Å². The number of nitrogens with zero attached hydrogens (tertiary/aromatic N) is 1. The maximum Gasteiger partial charge on any atom is 0.166 e. The Bertz CT molecular complexity index is 202.